The number of cyclic esters (lactones) is 1. The summed E-state index contributed by atoms with van der Waals surface area (Å²) in [4.78, 5) is 25.7. The quantitative estimate of drug-likeness (QED) is 0.417. The Morgan fingerprint density at radius 3 is 2.90 bits per heavy atom. The van der Waals surface area contributed by atoms with Gasteiger partial charge in [-0.15, -0.1) is 0 Å². The maximum Gasteiger partial charge on any atom is 0.324 e. The van der Waals surface area contributed by atoms with Crippen LogP contribution in [-0.4, -0.2) is 24.5 Å². The molecule has 1 aromatic rings. The minimum Gasteiger partial charge on any atom is -0.488 e. The molecule has 0 bridgehead atoms. The lowest BCUT2D eigenvalue weighted by molar-refractivity contribution is -0.170. The molecule has 0 radical (unpaired) electrons. The summed E-state index contributed by atoms with van der Waals surface area (Å²) in [6, 6.07) is 7.15. The Morgan fingerprint density at radius 1 is 1.24 bits per heavy atom. The molecule has 4 nitrogen and oxygen atoms in total. The molecular weight excluding hydrogens is 268 g/mol. The maximum atomic E-state index is 13.1. The van der Waals surface area contributed by atoms with Crippen molar-refractivity contribution in [2.75, 3.05) is 6.61 Å². The highest BCUT2D eigenvalue weighted by Gasteiger charge is 2.64. The van der Waals surface area contributed by atoms with Gasteiger partial charge >= 0.3 is 5.97 Å². The zero-order valence-corrected chi connectivity index (χ0v) is 11.8. The number of benzene rings is 1. The van der Waals surface area contributed by atoms with Crippen molar-refractivity contribution in [3.63, 3.8) is 0 Å². The molecule has 4 heteroatoms. The summed E-state index contributed by atoms with van der Waals surface area (Å²) < 4.78 is 11.3. The van der Waals surface area contributed by atoms with Gasteiger partial charge in [0.15, 0.2) is 11.2 Å². The second-order valence-corrected chi connectivity index (χ2v) is 6.05. The third-order valence-corrected chi connectivity index (χ3v) is 4.86. The van der Waals surface area contributed by atoms with Crippen LogP contribution in [0.2, 0.25) is 0 Å². The molecule has 1 fully saturated rings. The van der Waals surface area contributed by atoms with Crippen molar-refractivity contribution in [3.8, 4) is 5.75 Å². The second-order valence-electron chi connectivity index (χ2n) is 6.05. The van der Waals surface area contributed by atoms with Gasteiger partial charge in [0.05, 0.1) is 12.2 Å². The van der Waals surface area contributed by atoms with Crippen molar-refractivity contribution in [1.82, 2.24) is 0 Å². The van der Waals surface area contributed by atoms with Crippen LogP contribution in [0.3, 0.4) is 0 Å². The van der Waals surface area contributed by atoms with Crippen molar-refractivity contribution in [2.45, 2.75) is 25.9 Å². The lowest BCUT2D eigenvalue weighted by atomic mass is 9.59. The van der Waals surface area contributed by atoms with Gasteiger partial charge in [0.25, 0.3) is 0 Å². The van der Waals surface area contributed by atoms with E-state index in [-0.39, 0.29) is 11.7 Å². The molecule has 1 aromatic carbocycles. The van der Waals surface area contributed by atoms with Gasteiger partial charge in [0.1, 0.15) is 11.9 Å². The topological polar surface area (TPSA) is 52.6 Å². The standard InChI is InChI=1S/C17H16O4/c1-10-8-11-6-7-20-16(19)17(11)14(9-10)21-13-5-3-2-4-12(13)15(17)18/h2-5,8,11,14H,6-7,9H2,1H3/t11-,14-,17-/m0/s1. The number of para-hydroxylation sites is 1. The number of rotatable bonds is 0. The van der Waals surface area contributed by atoms with E-state index < -0.39 is 17.5 Å². The summed E-state index contributed by atoms with van der Waals surface area (Å²) >= 11 is 0. The summed E-state index contributed by atoms with van der Waals surface area (Å²) in [6.45, 7) is 2.40. The third kappa shape index (κ3) is 1.50. The van der Waals surface area contributed by atoms with Crippen molar-refractivity contribution < 1.29 is 19.1 Å². The number of allylic oxidation sites excluding steroid dienone is 1. The molecule has 0 unspecified atom stereocenters. The first kappa shape index (κ1) is 12.6. The molecule has 0 saturated carbocycles. The van der Waals surface area contributed by atoms with Crippen LogP contribution in [-0.2, 0) is 9.53 Å². The highest BCUT2D eigenvalue weighted by atomic mass is 16.5. The Balaban J connectivity index is 1.94. The molecule has 1 spiro atoms. The lowest BCUT2D eigenvalue weighted by Crippen LogP contribution is -2.62. The van der Waals surface area contributed by atoms with Crippen molar-refractivity contribution >= 4 is 11.8 Å². The first-order valence-electron chi connectivity index (χ1n) is 7.29. The zero-order chi connectivity index (χ0) is 14.6. The molecular formula is C17H16O4. The molecule has 0 N–H and O–H groups in total. The Hall–Kier alpha value is -2.10. The van der Waals surface area contributed by atoms with E-state index in [1.165, 1.54) is 5.57 Å². The highest BCUT2D eigenvalue weighted by molar-refractivity contribution is 6.16. The first-order chi connectivity index (χ1) is 10.1. The summed E-state index contributed by atoms with van der Waals surface area (Å²) in [6.07, 6.45) is 2.87. The molecule has 3 atom stereocenters. The van der Waals surface area contributed by atoms with Crippen LogP contribution >= 0.6 is 0 Å². The number of hydrogen-bond acceptors (Lipinski definition) is 4. The van der Waals surface area contributed by atoms with Crippen LogP contribution < -0.4 is 4.74 Å². The van der Waals surface area contributed by atoms with Crippen LogP contribution in [0.5, 0.6) is 5.75 Å². The minimum atomic E-state index is -1.19. The number of ether oxygens (including phenoxy) is 2. The first-order valence-corrected chi connectivity index (χ1v) is 7.29. The van der Waals surface area contributed by atoms with Crippen LogP contribution in [0.25, 0.3) is 0 Å². The van der Waals surface area contributed by atoms with Gasteiger partial charge in [0, 0.05) is 12.3 Å². The monoisotopic (exact) mass is 284 g/mol. The molecule has 1 aliphatic carbocycles. The second kappa shape index (κ2) is 4.20. The van der Waals surface area contributed by atoms with E-state index in [1.54, 1.807) is 18.2 Å². The van der Waals surface area contributed by atoms with E-state index in [1.807, 2.05) is 13.0 Å². The molecule has 0 amide bonds. The SMILES string of the molecule is CC1=C[C@@H]2CCOC(=O)[C@@]23C(=O)c2ccccc2O[C@H]3C1. The van der Waals surface area contributed by atoms with Gasteiger partial charge in [-0.3, -0.25) is 9.59 Å². The number of esters is 1. The average Bonchev–Trinajstić information content (AvgIpc) is 2.46. The predicted molar refractivity (Wildman–Crippen MR) is 75.1 cm³/mol. The zero-order valence-electron chi connectivity index (χ0n) is 11.8. The van der Waals surface area contributed by atoms with Crippen LogP contribution in [0, 0.1) is 11.3 Å². The number of Topliss-reactive ketones (excluding diaryl/α,β-unsaturated/α-hetero) is 1. The predicted octanol–water partition coefficient (Wildman–Crippen LogP) is 2.53. The van der Waals surface area contributed by atoms with E-state index >= 15 is 0 Å². The van der Waals surface area contributed by atoms with Crippen molar-refractivity contribution in [2.24, 2.45) is 11.3 Å². The molecule has 108 valence electrons. The Labute approximate surface area is 122 Å². The number of carbonyl (C=O) groups excluding carboxylic acids is 2. The van der Waals surface area contributed by atoms with Crippen LogP contribution in [0.15, 0.2) is 35.9 Å². The Kier molecular flexibility index (Phi) is 2.52. The molecule has 2 aliphatic heterocycles. The van der Waals surface area contributed by atoms with Crippen LogP contribution in [0.1, 0.15) is 30.1 Å². The molecule has 0 aromatic heterocycles. The number of carbonyl (C=O) groups is 2. The summed E-state index contributed by atoms with van der Waals surface area (Å²) in [7, 11) is 0. The minimum absolute atomic E-state index is 0.127. The molecule has 21 heavy (non-hydrogen) atoms. The smallest absolute Gasteiger partial charge is 0.324 e. The van der Waals surface area contributed by atoms with E-state index in [9.17, 15) is 9.59 Å². The van der Waals surface area contributed by atoms with Gasteiger partial charge in [-0.05, 0) is 25.5 Å². The van der Waals surface area contributed by atoms with Crippen LogP contribution in [0.4, 0.5) is 0 Å². The third-order valence-electron chi connectivity index (χ3n) is 4.86. The number of ketones is 1. The molecule has 1 saturated heterocycles. The molecule has 3 aliphatic rings. The summed E-state index contributed by atoms with van der Waals surface area (Å²) in [5, 5.41) is 0. The summed E-state index contributed by atoms with van der Waals surface area (Å²) in [5.74, 6) is -0.122. The van der Waals surface area contributed by atoms with E-state index in [0.29, 0.717) is 30.8 Å². The van der Waals surface area contributed by atoms with Gasteiger partial charge in [0.2, 0.25) is 0 Å². The van der Waals surface area contributed by atoms with Crippen molar-refractivity contribution in [1.29, 1.82) is 0 Å². The average molecular weight is 284 g/mol. The fraction of sp³-hybridized carbons (Fsp3) is 0.412. The van der Waals surface area contributed by atoms with E-state index in [2.05, 4.69) is 6.08 Å². The van der Waals surface area contributed by atoms with Gasteiger partial charge in [-0.25, -0.2) is 0 Å². The Morgan fingerprint density at radius 2 is 2.05 bits per heavy atom. The fourth-order valence-electron chi connectivity index (χ4n) is 3.90. The highest BCUT2D eigenvalue weighted by Crippen LogP contribution is 2.52. The fourth-order valence-corrected chi connectivity index (χ4v) is 3.90. The lowest BCUT2D eigenvalue weighted by Gasteiger charge is -2.49. The normalized spacial score (nSPS) is 33.9. The van der Waals surface area contributed by atoms with Gasteiger partial charge < -0.3 is 9.47 Å². The van der Waals surface area contributed by atoms with E-state index in [4.69, 9.17) is 9.47 Å². The number of fused-ring (bicyclic) bond motifs is 1. The molecule has 4 rings (SSSR count). The largest absolute Gasteiger partial charge is 0.488 e. The number of hydrogen-bond donors (Lipinski definition) is 0. The Bertz CT molecular complexity index is 675. The molecule has 2 heterocycles. The van der Waals surface area contributed by atoms with Gasteiger partial charge in [-0.2, -0.15) is 0 Å². The van der Waals surface area contributed by atoms with E-state index in [0.717, 1.165) is 0 Å². The van der Waals surface area contributed by atoms with Crippen molar-refractivity contribution in [3.05, 3.63) is 41.5 Å². The summed E-state index contributed by atoms with van der Waals surface area (Å²) in [5.41, 5.74) is 0.472. The van der Waals surface area contributed by atoms with Gasteiger partial charge in [-0.1, -0.05) is 23.8 Å². The maximum absolute atomic E-state index is 13.1.